The van der Waals surface area contributed by atoms with Gasteiger partial charge in [-0.3, -0.25) is 14.9 Å². The zero-order chi connectivity index (χ0) is 15.9. The lowest BCUT2D eigenvalue weighted by Gasteiger charge is -2.11. The van der Waals surface area contributed by atoms with Crippen molar-refractivity contribution >= 4 is 6.29 Å². The van der Waals surface area contributed by atoms with Gasteiger partial charge in [0.15, 0.2) is 11.5 Å². The molecule has 0 amide bonds. The Hall–Kier alpha value is -2.96. The van der Waals surface area contributed by atoms with Crippen molar-refractivity contribution in [3.05, 3.63) is 63.5 Å². The number of hydrogen-bond donors (Lipinski definition) is 0. The number of aldehydes is 1. The summed E-state index contributed by atoms with van der Waals surface area (Å²) in [6.45, 7) is -0.220. The summed E-state index contributed by atoms with van der Waals surface area (Å²) in [5.74, 6) is 0.903. The third-order valence-electron chi connectivity index (χ3n) is 2.85. The van der Waals surface area contributed by atoms with Gasteiger partial charge in [-0.05, 0) is 30.3 Å². The van der Waals surface area contributed by atoms with E-state index < -0.39 is 4.92 Å². The van der Waals surface area contributed by atoms with Gasteiger partial charge in [-0.2, -0.15) is 0 Å². The highest BCUT2D eigenvalue weighted by atomic mass is 16.6. The van der Waals surface area contributed by atoms with Crippen LogP contribution in [0.15, 0.2) is 36.4 Å². The Bertz CT molecular complexity index is 687. The van der Waals surface area contributed by atoms with Gasteiger partial charge >= 0.3 is 0 Å². The van der Waals surface area contributed by atoms with Crippen molar-refractivity contribution in [1.82, 2.24) is 4.98 Å². The lowest BCUT2D eigenvalue weighted by atomic mass is 10.2. The molecule has 2 rings (SSSR count). The van der Waals surface area contributed by atoms with Crippen molar-refractivity contribution in [2.45, 2.75) is 13.2 Å². The van der Waals surface area contributed by atoms with Gasteiger partial charge in [0.1, 0.15) is 18.6 Å². The van der Waals surface area contributed by atoms with Crippen LogP contribution in [0.5, 0.6) is 11.5 Å². The molecule has 7 heteroatoms. The van der Waals surface area contributed by atoms with Crippen LogP contribution in [0.2, 0.25) is 0 Å². The summed E-state index contributed by atoms with van der Waals surface area (Å²) in [5, 5.41) is 10.5. The Labute approximate surface area is 126 Å². The average Bonchev–Trinajstić information content (AvgIpc) is 2.52. The quantitative estimate of drug-likeness (QED) is 0.442. The molecule has 2 aromatic rings. The number of pyridine rings is 1. The Morgan fingerprint density at radius 3 is 2.68 bits per heavy atom. The normalized spacial score (nSPS) is 10.0. The number of rotatable bonds is 7. The second-order valence-electron chi connectivity index (χ2n) is 4.43. The third kappa shape index (κ3) is 4.02. The molecule has 0 aliphatic carbocycles. The second-order valence-corrected chi connectivity index (χ2v) is 4.43. The van der Waals surface area contributed by atoms with Gasteiger partial charge in [0.25, 0.3) is 0 Å². The van der Waals surface area contributed by atoms with Crippen molar-refractivity contribution in [1.29, 1.82) is 0 Å². The molecular weight excluding hydrogens is 288 g/mol. The number of carbonyl (C=O) groups excluding carboxylic acids is 1. The fourth-order valence-corrected chi connectivity index (χ4v) is 1.86. The zero-order valence-corrected chi connectivity index (χ0v) is 11.9. The summed E-state index contributed by atoms with van der Waals surface area (Å²) in [6.07, 6.45) is 0.711. The third-order valence-corrected chi connectivity index (χ3v) is 2.85. The number of benzene rings is 1. The molecule has 0 aliphatic rings. The first kappa shape index (κ1) is 15.4. The predicted octanol–water partition coefficient (Wildman–Crippen LogP) is 2.26. The first-order chi connectivity index (χ1) is 10.6. The van der Waals surface area contributed by atoms with Crippen molar-refractivity contribution in [2.75, 3.05) is 7.11 Å². The van der Waals surface area contributed by atoms with Crippen LogP contribution < -0.4 is 9.47 Å². The number of carbonyl (C=O) groups is 1. The van der Waals surface area contributed by atoms with Crippen LogP contribution in [0.25, 0.3) is 0 Å². The number of ether oxygens (including phenoxy) is 2. The first-order valence-electron chi connectivity index (χ1n) is 6.45. The van der Waals surface area contributed by atoms with E-state index in [0.29, 0.717) is 34.7 Å². The van der Waals surface area contributed by atoms with Gasteiger partial charge in [-0.25, -0.2) is 4.98 Å². The molecule has 0 aliphatic heterocycles. The lowest BCUT2D eigenvalue weighted by Crippen LogP contribution is -2.05. The van der Waals surface area contributed by atoms with Crippen LogP contribution in [0.3, 0.4) is 0 Å². The molecule has 0 saturated heterocycles. The second kappa shape index (κ2) is 7.16. The Morgan fingerprint density at radius 2 is 2.00 bits per heavy atom. The van der Waals surface area contributed by atoms with Gasteiger partial charge in [-0.15, -0.1) is 0 Å². The Kier molecular flexibility index (Phi) is 5.02. The number of hydrogen-bond acceptors (Lipinski definition) is 6. The van der Waals surface area contributed by atoms with E-state index >= 15 is 0 Å². The molecule has 1 aromatic carbocycles. The molecule has 0 atom stereocenters. The zero-order valence-electron chi connectivity index (χ0n) is 11.9. The number of aromatic nitrogens is 1. The van der Waals surface area contributed by atoms with Crippen LogP contribution >= 0.6 is 0 Å². The topological polar surface area (TPSA) is 91.6 Å². The summed E-state index contributed by atoms with van der Waals surface area (Å²) in [5.41, 5.74) is 1.38. The van der Waals surface area contributed by atoms with Crippen LogP contribution in [0.1, 0.15) is 21.7 Å². The molecule has 0 fully saturated rings. The number of methoxy groups -OCH3 is 1. The summed E-state index contributed by atoms with van der Waals surface area (Å²) >= 11 is 0. The molecule has 22 heavy (non-hydrogen) atoms. The molecule has 0 radical (unpaired) electrons. The van der Waals surface area contributed by atoms with Gasteiger partial charge in [-0.1, -0.05) is 6.07 Å². The highest BCUT2D eigenvalue weighted by Gasteiger charge is 2.08. The monoisotopic (exact) mass is 302 g/mol. The van der Waals surface area contributed by atoms with E-state index in [9.17, 15) is 14.9 Å². The van der Waals surface area contributed by atoms with Crippen molar-refractivity contribution in [3.63, 3.8) is 0 Å². The Balaban J connectivity index is 2.12. The van der Waals surface area contributed by atoms with E-state index in [1.54, 1.807) is 36.4 Å². The molecule has 0 N–H and O–H groups in total. The van der Waals surface area contributed by atoms with Crippen molar-refractivity contribution in [2.24, 2.45) is 0 Å². The largest absolute Gasteiger partial charge is 0.493 e. The average molecular weight is 302 g/mol. The molecule has 114 valence electrons. The van der Waals surface area contributed by atoms with E-state index in [0.717, 1.165) is 0 Å². The first-order valence-corrected chi connectivity index (χ1v) is 6.45. The molecule has 7 nitrogen and oxygen atoms in total. The summed E-state index contributed by atoms with van der Waals surface area (Å²) in [4.78, 5) is 25.0. The van der Waals surface area contributed by atoms with E-state index in [2.05, 4.69) is 4.98 Å². The molecule has 0 bridgehead atoms. The fraction of sp³-hybridized carbons (Fsp3) is 0.200. The maximum Gasteiger partial charge on any atom is 0.245 e. The van der Waals surface area contributed by atoms with Crippen LogP contribution in [0, 0.1) is 10.1 Å². The number of nitro groups is 1. The highest BCUT2D eigenvalue weighted by Crippen LogP contribution is 2.28. The van der Waals surface area contributed by atoms with Crippen molar-refractivity contribution < 1.29 is 19.2 Å². The summed E-state index contributed by atoms with van der Waals surface area (Å²) in [7, 11) is 1.50. The van der Waals surface area contributed by atoms with E-state index in [-0.39, 0.29) is 13.2 Å². The SMILES string of the molecule is COc1ccc(C=O)cc1OCc1cccc(C[N+](=O)[O-])n1. The van der Waals surface area contributed by atoms with Gasteiger partial charge in [0.05, 0.1) is 12.8 Å². The lowest BCUT2D eigenvalue weighted by molar-refractivity contribution is -0.497. The van der Waals surface area contributed by atoms with Crippen LogP contribution in [0.4, 0.5) is 0 Å². The number of nitrogens with zero attached hydrogens (tertiary/aromatic N) is 2. The smallest absolute Gasteiger partial charge is 0.245 e. The molecule has 1 aromatic heterocycles. The van der Waals surface area contributed by atoms with Crippen LogP contribution in [-0.4, -0.2) is 23.3 Å². The molecule has 0 saturated carbocycles. The van der Waals surface area contributed by atoms with Crippen molar-refractivity contribution in [3.8, 4) is 11.5 Å². The highest BCUT2D eigenvalue weighted by molar-refractivity contribution is 5.76. The van der Waals surface area contributed by atoms with E-state index in [1.165, 1.54) is 7.11 Å². The minimum Gasteiger partial charge on any atom is -0.493 e. The molecular formula is C15H14N2O5. The molecule has 0 unspecified atom stereocenters. The minimum atomic E-state index is -0.441. The summed E-state index contributed by atoms with van der Waals surface area (Å²) < 4.78 is 10.8. The minimum absolute atomic E-state index is 0.115. The maximum absolute atomic E-state index is 10.8. The van der Waals surface area contributed by atoms with E-state index in [1.807, 2.05) is 0 Å². The maximum atomic E-state index is 10.8. The Morgan fingerprint density at radius 1 is 1.23 bits per heavy atom. The van der Waals surface area contributed by atoms with Gasteiger partial charge < -0.3 is 9.47 Å². The molecule has 0 spiro atoms. The fourth-order valence-electron chi connectivity index (χ4n) is 1.86. The van der Waals surface area contributed by atoms with Gasteiger partial charge in [0, 0.05) is 10.5 Å². The van der Waals surface area contributed by atoms with Crippen LogP contribution in [-0.2, 0) is 13.2 Å². The summed E-state index contributed by atoms with van der Waals surface area (Å²) in [6, 6.07) is 9.79. The standard InChI is InChI=1S/C15H14N2O5/c1-21-14-6-5-11(9-18)7-15(14)22-10-13-4-2-3-12(16-13)8-17(19)20/h2-7,9H,8,10H2,1H3. The van der Waals surface area contributed by atoms with E-state index in [4.69, 9.17) is 9.47 Å². The molecule has 1 heterocycles. The van der Waals surface area contributed by atoms with Gasteiger partial charge in [0.2, 0.25) is 6.54 Å². The predicted molar refractivity (Wildman–Crippen MR) is 77.6 cm³/mol.